The highest BCUT2D eigenvalue weighted by Crippen LogP contribution is 2.33. The van der Waals surface area contributed by atoms with E-state index in [-0.39, 0.29) is 5.82 Å². The molecule has 7 nitrogen and oxygen atoms in total. The SMILES string of the molecule is CCC(N)(Cn1cc[n+](C)c1C=NO)S(=O)(=O)C(F)(F)F. The molecule has 1 unspecified atom stereocenters. The normalized spacial score (nSPS) is 16.3. The van der Waals surface area contributed by atoms with Gasteiger partial charge in [0.25, 0.3) is 9.84 Å². The first-order valence-electron chi connectivity index (χ1n) is 5.82. The highest BCUT2D eigenvalue weighted by Gasteiger charge is 2.58. The minimum Gasteiger partial charge on any atom is -0.411 e. The number of halogens is 3. The summed E-state index contributed by atoms with van der Waals surface area (Å²) in [5.74, 6) is 0.193. The first-order chi connectivity index (χ1) is 9.50. The lowest BCUT2D eigenvalue weighted by molar-refractivity contribution is -0.671. The highest BCUT2D eigenvalue weighted by molar-refractivity contribution is 7.93. The van der Waals surface area contributed by atoms with Crippen LogP contribution in [0, 0.1) is 0 Å². The molecule has 0 aliphatic rings. The predicted molar refractivity (Wildman–Crippen MR) is 67.2 cm³/mol. The molecule has 11 heteroatoms. The third-order valence-electron chi connectivity index (χ3n) is 3.18. The van der Waals surface area contributed by atoms with Crippen LogP contribution in [-0.4, -0.2) is 34.8 Å². The van der Waals surface area contributed by atoms with Gasteiger partial charge in [0, 0.05) is 0 Å². The van der Waals surface area contributed by atoms with Crippen molar-refractivity contribution in [3.05, 3.63) is 18.2 Å². The Bertz CT molecular complexity index is 638. The quantitative estimate of drug-likeness (QED) is 0.347. The number of hydrogen-bond donors (Lipinski definition) is 2. The van der Waals surface area contributed by atoms with Gasteiger partial charge in [-0.1, -0.05) is 12.1 Å². The summed E-state index contributed by atoms with van der Waals surface area (Å²) in [6, 6.07) is 0. The minimum atomic E-state index is -5.57. The maximum absolute atomic E-state index is 12.7. The van der Waals surface area contributed by atoms with Crippen LogP contribution in [-0.2, 0) is 23.4 Å². The number of aromatic nitrogens is 2. The predicted octanol–water partition coefficient (Wildman–Crippen LogP) is 0.120. The number of aryl methyl sites for hydroxylation is 1. The molecule has 0 amide bonds. The van der Waals surface area contributed by atoms with Crippen molar-refractivity contribution >= 4 is 16.1 Å². The Hall–Kier alpha value is -1.62. The molecule has 0 aliphatic heterocycles. The molecule has 1 rings (SSSR count). The fourth-order valence-electron chi connectivity index (χ4n) is 1.79. The first-order valence-corrected chi connectivity index (χ1v) is 7.30. The standard InChI is InChI=1S/C10H15F3N4O3S/c1-3-9(14,21(19,20)10(11,12)13)7-17-5-4-16(2)8(17)6-15-18/h4-6H,3,7,14H2,1-2H3/p+1. The van der Waals surface area contributed by atoms with Crippen molar-refractivity contribution in [1.82, 2.24) is 4.57 Å². The number of imidazole rings is 1. The third kappa shape index (κ3) is 3.02. The van der Waals surface area contributed by atoms with Gasteiger partial charge >= 0.3 is 11.3 Å². The fraction of sp³-hybridized carbons (Fsp3) is 0.600. The summed E-state index contributed by atoms with van der Waals surface area (Å²) in [4.78, 5) is -2.52. The van der Waals surface area contributed by atoms with E-state index in [0.717, 1.165) is 6.21 Å². The van der Waals surface area contributed by atoms with Crippen molar-refractivity contribution < 1.29 is 31.4 Å². The molecule has 0 bridgehead atoms. The number of nitrogens with two attached hydrogens (primary N) is 1. The van der Waals surface area contributed by atoms with Crippen LogP contribution in [0.3, 0.4) is 0 Å². The number of sulfone groups is 1. The summed E-state index contributed by atoms with van der Waals surface area (Å²) in [6.07, 6.45) is 3.34. The molecule has 120 valence electrons. The second-order valence-electron chi connectivity index (χ2n) is 4.51. The number of hydrogen-bond acceptors (Lipinski definition) is 5. The van der Waals surface area contributed by atoms with Crippen LogP contribution in [0.4, 0.5) is 13.2 Å². The van der Waals surface area contributed by atoms with Crippen molar-refractivity contribution in [2.75, 3.05) is 0 Å². The fourth-order valence-corrected chi connectivity index (χ4v) is 2.94. The van der Waals surface area contributed by atoms with E-state index in [4.69, 9.17) is 10.9 Å². The van der Waals surface area contributed by atoms with Crippen LogP contribution in [0.5, 0.6) is 0 Å². The van der Waals surface area contributed by atoms with Gasteiger partial charge in [-0.25, -0.2) is 17.6 Å². The Morgan fingerprint density at radius 3 is 2.52 bits per heavy atom. The Morgan fingerprint density at radius 1 is 1.52 bits per heavy atom. The molecule has 0 saturated heterocycles. The molecule has 3 N–H and O–H groups in total. The van der Waals surface area contributed by atoms with Crippen LogP contribution < -0.4 is 10.3 Å². The second-order valence-corrected chi connectivity index (χ2v) is 6.79. The third-order valence-corrected chi connectivity index (χ3v) is 5.27. The summed E-state index contributed by atoms with van der Waals surface area (Å²) < 4.78 is 64.0. The van der Waals surface area contributed by atoms with Gasteiger partial charge in [0.2, 0.25) is 0 Å². The van der Waals surface area contributed by atoms with Crippen LogP contribution in [0.1, 0.15) is 19.2 Å². The lowest BCUT2D eigenvalue weighted by atomic mass is 10.2. The maximum Gasteiger partial charge on any atom is 0.499 e. The number of oxime groups is 1. The Morgan fingerprint density at radius 2 is 2.10 bits per heavy atom. The van der Waals surface area contributed by atoms with Gasteiger partial charge in [-0.2, -0.15) is 13.2 Å². The molecule has 1 aromatic heterocycles. The zero-order valence-electron chi connectivity index (χ0n) is 11.4. The van der Waals surface area contributed by atoms with E-state index < -0.39 is 33.2 Å². The van der Waals surface area contributed by atoms with Crippen LogP contribution in [0.25, 0.3) is 0 Å². The van der Waals surface area contributed by atoms with Crippen LogP contribution in [0.2, 0.25) is 0 Å². The molecule has 1 atom stereocenters. The van der Waals surface area contributed by atoms with Gasteiger partial charge < -0.3 is 10.9 Å². The molecule has 0 spiro atoms. The molecular weight excluding hydrogens is 313 g/mol. The van der Waals surface area contributed by atoms with Crippen LogP contribution in [0.15, 0.2) is 17.5 Å². The van der Waals surface area contributed by atoms with E-state index in [1.165, 1.54) is 28.5 Å². The monoisotopic (exact) mass is 329 g/mol. The van der Waals surface area contributed by atoms with Gasteiger partial charge in [0.1, 0.15) is 18.9 Å². The number of nitrogens with zero attached hydrogens (tertiary/aromatic N) is 3. The smallest absolute Gasteiger partial charge is 0.411 e. The second kappa shape index (κ2) is 5.64. The van der Waals surface area contributed by atoms with Crippen LogP contribution >= 0.6 is 0 Å². The molecule has 0 aliphatic carbocycles. The molecule has 21 heavy (non-hydrogen) atoms. The van der Waals surface area contributed by atoms with E-state index >= 15 is 0 Å². The molecule has 0 fully saturated rings. The van der Waals surface area contributed by atoms with Gasteiger partial charge in [-0.05, 0) is 6.42 Å². The van der Waals surface area contributed by atoms with Crippen molar-refractivity contribution in [3.63, 3.8) is 0 Å². The van der Waals surface area contributed by atoms with Gasteiger partial charge in [-0.3, -0.25) is 0 Å². The molecular formula is C10H16F3N4O3S+. The largest absolute Gasteiger partial charge is 0.499 e. The van der Waals surface area contributed by atoms with E-state index in [2.05, 4.69) is 5.16 Å². The number of alkyl halides is 3. The number of rotatable bonds is 5. The van der Waals surface area contributed by atoms with E-state index in [1.807, 2.05) is 0 Å². The highest BCUT2D eigenvalue weighted by atomic mass is 32.2. The molecule has 1 aromatic rings. The van der Waals surface area contributed by atoms with Crippen molar-refractivity contribution in [3.8, 4) is 0 Å². The Balaban J connectivity index is 3.32. The van der Waals surface area contributed by atoms with E-state index in [1.54, 1.807) is 7.05 Å². The summed E-state index contributed by atoms with van der Waals surface area (Å²) in [5.41, 5.74) is 0.0764. The molecule has 0 saturated carbocycles. The van der Waals surface area contributed by atoms with Gasteiger partial charge in [-0.15, -0.1) is 0 Å². The molecule has 1 heterocycles. The molecule has 0 aromatic carbocycles. The first kappa shape index (κ1) is 17.4. The van der Waals surface area contributed by atoms with Crippen molar-refractivity contribution in [2.24, 2.45) is 17.9 Å². The lowest BCUT2D eigenvalue weighted by Crippen LogP contribution is -2.56. The van der Waals surface area contributed by atoms with Crippen molar-refractivity contribution in [2.45, 2.75) is 30.3 Å². The Kier molecular flexibility index (Phi) is 4.68. The topological polar surface area (TPSA) is 102 Å². The average molecular weight is 329 g/mol. The van der Waals surface area contributed by atoms with Gasteiger partial charge in [0.05, 0.1) is 7.05 Å². The summed E-state index contributed by atoms with van der Waals surface area (Å²) in [6.45, 7) is 0.625. The molecule has 0 radical (unpaired) electrons. The van der Waals surface area contributed by atoms with E-state index in [0.29, 0.717) is 0 Å². The van der Waals surface area contributed by atoms with E-state index in [9.17, 15) is 21.6 Å². The zero-order chi connectivity index (χ0) is 16.5. The summed E-state index contributed by atoms with van der Waals surface area (Å²) in [5, 5.41) is 11.3. The van der Waals surface area contributed by atoms with Gasteiger partial charge in [0.15, 0.2) is 11.1 Å². The zero-order valence-corrected chi connectivity index (χ0v) is 12.2. The minimum absolute atomic E-state index is 0.193. The van der Waals surface area contributed by atoms with Crippen molar-refractivity contribution in [1.29, 1.82) is 0 Å². The average Bonchev–Trinajstić information content (AvgIpc) is 2.70. The summed E-state index contributed by atoms with van der Waals surface area (Å²) in [7, 11) is -4.02. The lowest BCUT2D eigenvalue weighted by Gasteiger charge is -2.27. The Labute approximate surface area is 119 Å². The maximum atomic E-state index is 12.7. The summed E-state index contributed by atoms with van der Waals surface area (Å²) >= 11 is 0.